The van der Waals surface area contributed by atoms with Gasteiger partial charge >= 0.3 is 0 Å². The minimum atomic E-state index is -0.0946. The van der Waals surface area contributed by atoms with Crippen molar-refractivity contribution >= 4 is 5.78 Å². The molecule has 4 aromatic rings. The maximum Gasteiger partial charge on any atom is 0.210 e. The van der Waals surface area contributed by atoms with Gasteiger partial charge in [-0.1, -0.05) is 60.2 Å². The molecule has 0 atom stereocenters. The zero-order valence-corrected chi connectivity index (χ0v) is 19.4. The van der Waals surface area contributed by atoms with Crippen LogP contribution in [0, 0.1) is 18.3 Å². The summed E-state index contributed by atoms with van der Waals surface area (Å²) in [5.41, 5.74) is 6.98. The first kappa shape index (κ1) is 21.5. The van der Waals surface area contributed by atoms with E-state index in [2.05, 4.69) is 6.07 Å². The lowest BCUT2D eigenvalue weighted by molar-refractivity contribution is 0.103. The molecule has 1 aliphatic rings. The van der Waals surface area contributed by atoms with E-state index in [1.54, 1.807) is 14.2 Å². The number of methoxy groups -OCH3 is 2. The molecule has 0 radical (unpaired) electrons. The van der Waals surface area contributed by atoms with Gasteiger partial charge in [0.2, 0.25) is 5.78 Å². The van der Waals surface area contributed by atoms with Crippen LogP contribution in [0.3, 0.4) is 0 Å². The lowest BCUT2D eigenvalue weighted by Crippen LogP contribution is -2.17. The molecule has 34 heavy (non-hydrogen) atoms. The fourth-order valence-electron chi connectivity index (χ4n) is 4.78. The fraction of sp³-hybridized carbons (Fsp3) is 0.172. The van der Waals surface area contributed by atoms with Gasteiger partial charge in [0.15, 0.2) is 11.5 Å². The number of aryl methyl sites for hydroxylation is 2. The van der Waals surface area contributed by atoms with Gasteiger partial charge in [0.05, 0.1) is 31.2 Å². The summed E-state index contributed by atoms with van der Waals surface area (Å²) in [6, 6.07) is 23.5. The van der Waals surface area contributed by atoms with Crippen LogP contribution in [0.1, 0.15) is 32.7 Å². The van der Waals surface area contributed by atoms with Crippen LogP contribution in [-0.4, -0.2) is 24.6 Å². The number of nitrogens with zero attached hydrogens (tertiary/aromatic N) is 2. The summed E-state index contributed by atoms with van der Waals surface area (Å²) >= 11 is 0. The molecule has 2 heterocycles. The highest BCUT2D eigenvalue weighted by atomic mass is 16.5. The summed E-state index contributed by atoms with van der Waals surface area (Å²) in [5.74, 6) is 1.15. The Morgan fingerprint density at radius 3 is 2.29 bits per heavy atom. The van der Waals surface area contributed by atoms with Gasteiger partial charge in [0, 0.05) is 23.2 Å². The third-order valence-electron chi connectivity index (χ3n) is 6.44. The number of ketones is 1. The van der Waals surface area contributed by atoms with E-state index in [1.165, 1.54) is 0 Å². The smallest absolute Gasteiger partial charge is 0.210 e. The summed E-state index contributed by atoms with van der Waals surface area (Å²) in [6.07, 6.45) is 0.713. The highest BCUT2D eigenvalue weighted by Crippen LogP contribution is 2.45. The SMILES string of the molecule is COc1cc2c(cc1OC)-c1c(C#N)c(-c3ccc(C)cc3)c(C(=O)c3ccccc3)n1CC2. The van der Waals surface area contributed by atoms with E-state index >= 15 is 0 Å². The van der Waals surface area contributed by atoms with Crippen LogP contribution >= 0.6 is 0 Å². The average Bonchev–Trinajstić information content (AvgIpc) is 3.22. The van der Waals surface area contributed by atoms with Gasteiger partial charge in [-0.2, -0.15) is 5.26 Å². The molecule has 168 valence electrons. The summed E-state index contributed by atoms with van der Waals surface area (Å²) < 4.78 is 13.1. The largest absolute Gasteiger partial charge is 0.493 e. The number of hydrogen-bond acceptors (Lipinski definition) is 4. The second kappa shape index (κ2) is 8.57. The predicted molar refractivity (Wildman–Crippen MR) is 131 cm³/mol. The number of aromatic nitrogens is 1. The Labute approximate surface area is 198 Å². The van der Waals surface area contributed by atoms with E-state index in [0.717, 1.165) is 27.9 Å². The van der Waals surface area contributed by atoms with Crippen molar-refractivity contribution in [2.75, 3.05) is 14.2 Å². The van der Waals surface area contributed by atoms with Gasteiger partial charge in [-0.3, -0.25) is 4.79 Å². The molecular formula is C29H24N2O3. The Morgan fingerprint density at radius 2 is 1.65 bits per heavy atom. The Hall–Kier alpha value is -4.30. The lowest BCUT2D eigenvalue weighted by atomic mass is 9.93. The Morgan fingerprint density at radius 1 is 0.971 bits per heavy atom. The molecule has 1 aliphatic heterocycles. The van der Waals surface area contributed by atoms with Crippen LogP contribution in [0.15, 0.2) is 66.7 Å². The normalized spacial score (nSPS) is 11.8. The van der Waals surface area contributed by atoms with Crippen LogP contribution in [0.5, 0.6) is 11.5 Å². The van der Waals surface area contributed by atoms with Crippen LogP contribution < -0.4 is 9.47 Å². The molecule has 0 N–H and O–H groups in total. The van der Waals surface area contributed by atoms with Gasteiger partial charge < -0.3 is 14.0 Å². The minimum Gasteiger partial charge on any atom is -0.493 e. The molecule has 0 spiro atoms. The van der Waals surface area contributed by atoms with E-state index in [-0.39, 0.29) is 5.78 Å². The van der Waals surface area contributed by atoms with Crippen LogP contribution in [-0.2, 0) is 13.0 Å². The first-order valence-electron chi connectivity index (χ1n) is 11.2. The molecule has 3 aromatic carbocycles. The number of nitriles is 1. The zero-order chi connectivity index (χ0) is 23.8. The molecule has 1 aromatic heterocycles. The van der Waals surface area contributed by atoms with Crippen molar-refractivity contribution in [3.05, 3.63) is 94.7 Å². The molecule has 0 unspecified atom stereocenters. The Balaban J connectivity index is 1.85. The number of rotatable bonds is 5. The van der Waals surface area contributed by atoms with Crippen molar-refractivity contribution in [3.63, 3.8) is 0 Å². The fourth-order valence-corrected chi connectivity index (χ4v) is 4.78. The lowest BCUT2D eigenvalue weighted by Gasteiger charge is -2.23. The summed E-state index contributed by atoms with van der Waals surface area (Å²) in [4.78, 5) is 13.9. The standard InChI is InChI=1S/C29H24N2O3/c1-18-9-11-19(12-10-18)26-23(17-30)27-22-16-25(34-3)24(33-2)15-21(22)13-14-31(27)28(26)29(32)20-7-5-4-6-8-20/h4-12,15-16H,13-14H2,1-3H3. The third-order valence-corrected chi connectivity index (χ3v) is 6.44. The third kappa shape index (κ3) is 3.36. The summed E-state index contributed by atoms with van der Waals surface area (Å²) in [5, 5.41) is 10.4. The van der Waals surface area contributed by atoms with E-state index in [4.69, 9.17) is 9.47 Å². The number of carbonyl (C=O) groups is 1. The van der Waals surface area contributed by atoms with Crippen molar-refractivity contribution in [2.45, 2.75) is 19.9 Å². The second-order valence-electron chi connectivity index (χ2n) is 8.39. The summed E-state index contributed by atoms with van der Waals surface area (Å²) in [7, 11) is 3.21. The number of carbonyl (C=O) groups excluding carboxylic acids is 1. The number of ether oxygens (including phenoxy) is 2. The molecule has 0 aliphatic carbocycles. The number of hydrogen-bond donors (Lipinski definition) is 0. The molecule has 5 nitrogen and oxygen atoms in total. The molecule has 0 saturated heterocycles. The minimum absolute atomic E-state index is 0.0946. The van der Waals surface area contributed by atoms with Gasteiger partial charge in [-0.15, -0.1) is 0 Å². The monoisotopic (exact) mass is 448 g/mol. The van der Waals surface area contributed by atoms with Crippen LogP contribution in [0.2, 0.25) is 0 Å². The maximum absolute atomic E-state index is 13.9. The Kier molecular flexibility index (Phi) is 5.43. The molecule has 5 rings (SSSR count). The average molecular weight is 449 g/mol. The second-order valence-corrected chi connectivity index (χ2v) is 8.39. The zero-order valence-electron chi connectivity index (χ0n) is 19.4. The highest BCUT2D eigenvalue weighted by Gasteiger charge is 2.33. The predicted octanol–water partition coefficient (Wildman–Crippen LogP) is 5.81. The number of fused-ring (bicyclic) bond motifs is 3. The molecule has 0 bridgehead atoms. The van der Waals surface area contributed by atoms with Crippen molar-refractivity contribution < 1.29 is 14.3 Å². The first-order chi connectivity index (χ1) is 16.6. The van der Waals surface area contributed by atoms with Crippen LogP contribution in [0.25, 0.3) is 22.4 Å². The van der Waals surface area contributed by atoms with E-state index in [9.17, 15) is 10.1 Å². The molecule has 0 saturated carbocycles. The van der Waals surface area contributed by atoms with E-state index in [1.807, 2.05) is 78.2 Å². The molecule has 0 fully saturated rings. The highest BCUT2D eigenvalue weighted by molar-refractivity contribution is 6.14. The maximum atomic E-state index is 13.9. The van der Waals surface area contributed by atoms with Gasteiger partial charge in [0.25, 0.3) is 0 Å². The molecular weight excluding hydrogens is 424 g/mol. The van der Waals surface area contributed by atoms with Gasteiger partial charge in [0.1, 0.15) is 6.07 Å². The van der Waals surface area contributed by atoms with Gasteiger partial charge in [-0.05, 0) is 36.6 Å². The van der Waals surface area contributed by atoms with Crippen molar-refractivity contribution in [1.29, 1.82) is 5.26 Å². The topological polar surface area (TPSA) is 64.2 Å². The first-order valence-corrected chi connectivity index (χ1v) is 11.2. The van der Waals surface area contributed by atoms with Crippen LogP contribution in [0.4, 0.5) is 0 Å². The van der Waals surface area contributed by atoms with E-state index in [0.29, 0.717) is 46.8 Å². The molecule has 5 heteroatoms. The Bertz CT molecular complexity index is 1440. The van der Waals surface area contributed by atoms with Crippen molar-refractivity contribution in [1.82, 2.24) is 4.57 Å². The number of benzene rings is 3. The van der Waals surface area contributed by atoms with E-state index < -0.39 is 0 Å². The van der Waals surface area contributed by atoms with Crippen molar-refractivity contribution in [2.24, 2.45) is 0 Å². The molecule has 0 amide bonds. The summed E-state index contributed by atoms with van der Waals surface area (Å²) in [6.45, 7) is 2.61. The quantitative estimate of drug-likeness (QED) is 0.362. The van der Waals surface area contributed by atoms with Gasteiger partial charge in [-0.25, -0.2) is 0 Å². The van der Waals surface area contributed by atoms with Crippen molar-refractivity contribution in [3.8, 4) is 40.0 Å².